The molecule has 0 aromatic carbocycles. The van der Waals surface area contributed by atoms with Crippen LogP contribution in [0.5, 0.6) is 0 Å². The fourth-order valence-electron chi connectivity index (χ4n) is 3.37. The molecule has 0 N–H and O–H groups in total. The van der Waals surface area contributed by atoms with Gasteiger partial charge in [0.15, 0.2) is 5.79 Å². The monoisotopic (exact) mass is 238 g/mol. The molecule has 2 atom stereocenters. The molecule has 94 valence electrons. The fourth-order valence-corrected chi connectivity index (χ4v) is 3.37. The molecular weight excluding hydrogens is 220 g/mol. The Morgan fingerprint density at radius 2 is 2.24 bits per heavy atom. The Labute approximate surface area is 101 Å². The van der Waals surface area contributed by atoms with Crippen LogP contribution in [0.4, 0.5) is 0 Å². The van der Waals surface area contributed by atoms with Gasteiger partial charge in [0.2, 0.25) is 0 Å². The Kier molecular flexibility index (Phi) is 2.71. The molecule has 3 fully saturated rings. The Bertz CT molecular complexity index is 354. The average Bonchev–Trinajstić information content (AvgIpc) is 2.85. The molecule has 17 heavy (non-hydrogen) atoms. The van der Waals surface area contributed by atoms with Crippen molar-refractivity contribution in [1.82, 2.24) is 0 Å². The van der Waals surface area contributed by atoms with Gasteiger partial charge in [0.05, 0.1) is 19.8 Å². The molecular formula is C13H18O4. The van der Waals surface area contributed by atoms with Crippen molar-refractivity contribution < 1.29 is 19.0 Å². The Morgan fingerprint density at radius 1 is 1.47 bits per heavy atom. The third-order valence-corrected chi connectivity index (χ3v) is 4.07. The van der Waals surface area contributed by atoms with Gasteiger partial charge in [-0.15, -0.1) is 0 Å². The number of esters is 1. The minimum Gasteiger partial charge on any atom is -0.463 e. The first-order chi connectivity index (χ1) is 8.23. The average molecular weight is 238 g/mol. The zero-order chi connectivity index (χ0) is 11.9. The second-order valence-corrected chi connectivity index (χ2v) is 5.04. The van der Waals surface area contributed by atoms with Crippen molar-refractivity contribution in [3.05, 3.63) is 11.6 Å². The van der Waals surface area contributed by atoms with Crippen LogP contribution in [0.2, 0.25) is 0 Å². The van der Waals surface area contributed by atoms with Gasteiger partial charge in [0.1, 0.15) is 0 Å². The normalized spacial score (nSPS) is 35.9. The van der Waals surface area contributed by atoms with Crippen LogP contribution in [0.3, 0.4) is 0 Å². The van der Waals surface area contributed by atoms with Gasteiger partial charge < -0.3 is 14.2 Å². The van der Waals surface area contributed by atoms with Crippen molar-refractivity contribution >= 4 is 5.97 Å². The lowest BCUT2D eigenvalue weighted by molar-refractivity contribution is -0.267. The molecule has 1 saturated heterocycles. The van der Waals surface area contributed by atoms with Crippen molar-refractivity contribution in [2.75, 3.05) is 19.8 Å². The lowest BCUT2D eigenvalue weighted by Gasteiger charge is -2.47. The van der Waals surface area contributed by atoms with E-state index in [1.54, 1.807) is 6.08 Å². The standard InChI is InChI=1S/C13H18O4/c1-2-15-12(14)7-9-5-10-8-13(11(10)6-9)16-3-4-17-13/h7,10-11H,2-6,8H2,1H3/t10-,11-/m1/s1. The van der Waals surface area contributed by atoms with Crippen molar-refractivity contribution in [3.8, 4) is 0 Å². The van der Waals surface area contributed by atoms with Crippen LogP contribution in [0.1, 0.15) is 26.2 Å². The summed E-state index contributed by atoms with van der Waals surface area (Å²) in [6, 6.07) is 0. The number of carbonyl (C=O) groups excluding carboxylic acids is 1. The van der Waals surface area contributed by atoms with Crippen LogP contribution >= 0.6 is 0 Å². The Hall–Kier alpha value is -0.870. The third-order valence-electron chi connectivity index (χ3n) is 4.07. The highest BCUT2D eigenvalue weighted by Crippen LogP contribution is 2.58. The largest absolute Gasteiger partial charge is 0.463 e. The summed E-state index contributed by atoms with van der Waals surface area (Å²) in [5.74, 6) is 0.556. The highest BCUT2D eigenvalue weighted by atomic mass is 16.7. The minimum atomic E-state index is -0.311. The minimum absolute atomic E-state index is 0.217. The highest BCUT2D eigenvalue weighted by Gasteiger charge is 2.60. The van der Waals surface area contributed by atoms with E-state index in [-0.39, 0.29) is 11.8 Å². The number of hydrogen-bond donors (Lipinski definition) is 0. The molecule has 1 aliphatic heterocycles. The lowest BCUT2D eigenvalue weighted by Crippen LogP contribution is -2.52. The summed E-state index contributed by atoms with van der Waals surface area (Å²) >= 11 is 0. The first-order valence-corrected chi connectivity index (χ1v) is 6.37. The maximum atomic E-state index is 11.4. The Morgan fingerprint density at radius 3 is 2.94 bits per heavy atom. The molecule has 0 aromatic rings. The van der Waals surface area contributed by atoms with Crippen LogP contribution in [0.25, 0.3) is 0 Å². The molecule has 3 rings (SSSR count). The van der Waals surface area contributed by atoms with Gasteiger partial charge in [0, 0.05) is 18.4 Å². The topological polar surface area (TPSA) is 44.8 Å². The molecule has 3 aliphatic rings. The van der Waals surface area contributed by atoms with E-state index in [4.69, 9.17) is 14.2 Å². The molecule has 4 nitrogen and oxygen atoms in total. The molecule has 1 spiro atoms. The van der Waals surface area contributed by atoms with E-state index in [1.165, 1.54) is 5.57 Å². The van der Waals surface area contributed by atoms with Gasteiger partial charge in [-0.3, -0.25) is 0 Å². The summed E-state index contributed by atoms with van der Waals surface area (Å²) in [4.78, 5) is 11.4. The fraction of sp³-hybridized carbons (Fsp3) is 0.769. The van der Waals surface area contributed by atoms with Gasteiger partial charge in [-0.2, -0.15) is 0 Å². The lowest BCUT2D eigenvalue weighted by atomic mass is 9.70. The molecule has 0 unspecified atom stereocenters. The second-order valence-electron chi connectivity index (χ2n) is 5.04. The zero-order valence-electron chi connectivity index (χ0n) is 10.1. The molecule has 0 bridgehead atoms. The van der Waals surface area contributed by atoms with Crippen molar-refractivity contribution in [1.29, 1.82) is 0 Å². The van der Waals surface area contributed by atoms with Gasteiger partial charge in [-0.25, -0.2) is 4.79 Å². The summed E-state index contributed by atoms with van der Waals surface area (Å²) in [6.45, 7) is 3.68. The van der Waals surface area contributed by atoms with Crippen LogP contribution in [0, 0.1) is 11.8 Å². The molecule has 0 amide bonds. The van der Waals surface area contributed by atoms with E-state index >= 15 is 0 Å². The van der Waals surface area contributed by atoms with Gasteiger partial charge >= 0.3 is 5.97 Å². The van der Waals surface area contributed by atoms with Crippen LogP contribution < -0.4 is 0 Å². The van der Waals surface area contributed by atoms with Crippen LogP contribution in [0.15, 0.2) is 11.6 Å². The van der Waals surface area contributed by atoms with E-state index in [2.05, 4.69) is 0 Å². The second kappa shape index (κ2) is 4.10. The SMILES string of the molecule is CCOC(=O)C=C1C[C@@H]2CC3(OCCO3)[C@@H]2C1. The molecule has 2 saturated carbocycles. The first-order valence-electron chi connectivity index (χ1n) is 6.37. The summed E-state index contributed by atoms with van der Waals surface area (Å²) in [7, 11) is 0. The van der Waals surface area contributed by atoms with Crippen molar-refractivity contribution in [3.63, 3.8) is 0 Å². The van der Waals surface area contributed by atoms with Crippen LogP contribution in [-0.4, -0.2) is 31.6 Å². The Balaban J connectivity index is 1.64. The number of allylic oxidation sites excluding steroid dienone is 1. The third kappa shape index (κ3) is 1.79. The molecule has 2 aliphatic carbocycles. The van der Waals surface area contributed by atoms with Crippen molar-refractivity contribution in [2.24, 2.45) is 11.8 Å². The summed E-state index contributed by atoms with van der Waals surface area (Å²) < 4.78 is 16.4. The maximum Gasteiger partial charge on any atom is 0.330 e. The molecule has 0 radical (unpaired) electrons. The van der Waals surface area contributed by atoms with Gasteiger partial charge in [0.25, 0.3) is 0 Å². The van der Waals surface area contributed by atoms with E-state index in [9.17, 15) is 4.79 Å². The quantitative estimate of drug-likeness (QED) is 0.542. The number of ether oxygens (including phenoxy) is 3. The van der Waals surface area contributed by atoms with Gasteiger partial charge in [-0.1, -0.05) is 5.57 Å². The van der Waals surface area contributed by atoms with E-state index in [0.29, 0.717) is 31.7 Å². The number of fused-ring (bicyclic) bond motifs is 2. The number of rotatable bonds is 2. The summed E-state index contributed by atoms with van der Waals surface area (Å²) in [5, 5.41) is 0. The van der Waals surface area contributed by atoms with E-state index in [1.807, 2.05) is 6.92 Å². The summed E-state index contributed by atoms with van der Waals surface area (Å²) in [6.07, 6.45) is 4.56. The van der Waals surface area contributed by atoms with Crippen molar-refractivity contribution in [2.45, 2.75) is 32.0 Å². The molecule has 0 aromatic heterocycles. The number of carbonyl (C=O) groups is 1. The van der Waals surface area contributed by atoms with Gasteiger partial charge in [-0.05, 0) is 25.7 Å². The van der Waals surface area contributed by atoms with Crippen LogP contribution in [-0.2, 0) is 19.0 Å². The highest BCUT2D eigenvalue weighted by molar-refractivity contribution is 5.82. The summed E-state index contributed by atoms with van der Waals surface area (Å²) in [5.41, 5.74) is 1.19. The molecule has 1 heterocycles. The predicted octanol–water partition coefficient (Wildman–Crippen LogP) is 1.65. The van der Waals surface area contributed by atoms with E-state index < -0.39 is 0 Å². The zero-order valence-corrected chi connectivity index (χ0v) is 10.1. The smallest absolute Gasteiger partial charge is 0.330 e. The first kappa shape index (κ1) is 11.2. The predicted molar refractivity (Wildman–Crippen MR) is 60.2 cm³/mol. The maximum absolute atomic E-state index is 11.4. The molecule has 4 heteroatoms. The number of hydrogen-bond acceptors (Lipinski definition) is 4. The van der Waals surface area contributed by atoms with E-state index in [0.717, 1.165) is 19.3 Å².